The van der Waals surface area contributed by atoms with E-state index >= 15 is 0 Å². The number of morpholine rings is 1. The molecule has 1 unspecified atom stereocenters. The van der Waals surface area contributed by atoms with Crippen LogP contribution in [0.2, 0.25) is 0 Å². The second kappa shape index (κ2) is 11.9. The van der Waals surface area contributed by atoms with Gasteiger partial charge in [-0.1, -0.05) is 12.1 Å². The Morgan fingerprint density at radius 3 is 2.37 bits per heavy atom. The first-order valence-corrected chi connectivity index (χ1v) is 10.7. The maximum absolute atomic E-state index is 13.4. The van der Waals surface area contributed by atoms with Gasteiger partial charge in [0, 0.05) is 32.7 Å². The van der Waals surface area contributed by atoms with Crippen LogP contribution in [0, 0.1) is 11.2 Å². The number of guanidine groups is 1. The standard InChI is InChI=1S/C22H36FN5O2/c1-5-24-20(29)22(3,4)16-27-21(25-6-2)26-15-19(28-11-13-30-14-12-28)17-7-9-18(23)10-8-17/h7-10,19H,5-6,11-16H2,1-4H3,(H,24,29)(H2,25,26,27). The van der Waals surface area contributed by atoms with Crippen molar-refractivity contribution in [3.05, 3.63) is 35.6 Å². The third-order valence-corrected chi connectivity index (χ3v) is 5.13. The fourth-order valence-corrected chi connectivity index (χ4v) is 3.32. The van der Waals surface area contributed by atoms with Crippen molar-refractivity contribution in [2.24, 2.45) is 10.4 Å². The van der Waals surface area contributed by atoms with Crippen LogP contribution >= 0.6 is 0 Å². The SMILES string of the molecule is CCNC(=O)C(C)(C)CN=C(NCC)NCC(c1ccc(F)cc1)N1CCOCC1. The van der Waals surface area contributed by atoms with Gasteiger partial charge in [0.05, 0.1) is 31.2 Å². The van der Waals surface area contributed by atoms with Crippen molar-refractivity contribution in [2.75, 3.05) is 52.5 Å². The van der Waals surface area contributed by atoms with E-state index in [2.05, 4.69) is 25.8 Å². The third kappa shape index (κ3) is 7.25. The van der Waals surface area contributed by atoms with Crippen molar-refractivity contribution in [1.82, 2.24) is 20.9 Å². The first-order chi connectivity index (χ1) is 14.4. The van der Waals surface area contributed by atoms with Crippen LogP contribution < -0.4 is 16.0 Å². The smallest absolute Gasteiger partial charge is 0.227 e. The Morgan fingerprint density at radius 2 is 1.77 bits per heavy atom. The molecule has 7 nitrogen and oxygen atoms in total. The van der Waals surface area contributed by atoms with Gasteiger partial charge in [-0.3, -0.25) is 14.7 Å². The number of hydrogen-bond acceptors (Lipinski definition) is 4. The fourth-order valence-electron chi connectivity index (χ4n) is 3.32. The highest BCUT2D eigenvalue weighted by molar-refractivity contribution is 5.83. The summed E-state index contributed by atoms with van der Waals surface area (Å²) in [6, 6.07) is 6.72. The highest BCUT2D eigenvalue weighted by Crippen LogP contribution is 2.22. The summed E-state index contributed by atoms with van der Waals surface area (Å²) in [6.45, 7) is 13.0. The van der Waals surface area contributed by atoms with E-state index in [0.717, 1.165) is 18.7 Å². The van der Waals surface area contributed by atoms with Gasteiger partial charge in [-0.05, 0) is 45.4 Å². The molecule has 1 heterocycles. The highest BCUT2D eigenvalue weighted by Gasteiger charge is 2.27. The average molecular weight is 422 g/mol. The summed E-state index contributed by atoms with van der Waals surface area (Å²) in [5.74, 6) is 0.410. The van der Waals surface area contributed by atoms with E-state index in [-0.39, 0.29) is 17.8 Å². The summed E-state index contributed by atoms with van der Waals surface area (Å²) >= 11 is 0. The van der Waals surface area contributed by atoms with Gasteiger partial charge in [0.25, 0.3) is 0 Å². The number of ether oxygens (including phenoxy) is 1. The lowest BCUT2D eigenvalue weighted by Crippen LogP contribution is -2.47. The van der Waals surface area contributed by atoms with Crippen molar-refractivity contribution in [3.8, 4) is 0 Å². The second-order valence-electron chi connectivity index (χ2n) is 8.04. The number of benzene rings is 1. The molecule has 1 aromatic carbocycles. The highest BCUT2D eigenvalue weighted by atomic mass is 19.1. The Morgan fingerprint density at radius 1 is 1.13 bits per heavy atom. The van der Waals surface area contributed by atoms with E-state index in [1.54, 1.807) is 0 Å². The van der Waals surface area contributed by atoms with E-state index in [1.807, 2.05) is 39.8 Å². The van der Waals surface area contributed by atoms with Crippen LogP contribution in [0.1, 0.15) is 39.3 Å². The molecule has 1 aliphatic rings. The quantitative estimate of drug-likeness (QED) is 0.419. The minimum absolute atomic E-state index is 0.0119. The molecule has 0 aromatic heterocycles. The lowest BCUT2D eigenvalue weighted by Gasteiger charge is -2.35. The number of amides is 1. The Kier molecular flexibility index (Phi) is 9.52. The van der Waals surface area contributed by atoms with Gasteiger partial charge in [-0.25, -0.2) is 4.39 Å². The first-order valence-electron chi connectivity index (χ1n) is 10.7. The Labute approximate surface area is 179 Å². The number of carbonyl (C=O) groups excluding carboxylic acids is 1. The summed E-state index contributed by atoms with van der Waals surface area (Å²) in [5, 5.41) is 9.52. The van der Waals surface area contributed by atoms with Crippen LogP contribution in [0.15, 0.2) is 29.3 Å². The third-order valence-electron chi connectivity index (χ3n) is 5.13. The van der Waals surface area contributed by atoms with Gasteiger partial charge < -0.3 is 20.7 Å². The van der Waals surface area contributed by atoms with Crippen molar-refractivity contribution >= 4 is 11.9 Å². The predicted molar refractivity (Wildman–Crippen MR) is 118 cm³/mol. The molecule has 168 valence electrons. The molecule has 0 aliphatic carbocycles. The molecule has 1 atom stereocenters. The molecule has 2 rings (SSSR count). The maximum Gasteiger partial charge on any atom is 0.227 e. The first kappa shape index (κ1) is 24.1. The van der Waals surface area contributed by atoms with Crippen molar-refractivity contribution in [3.63, 3.8) is 0 Å². The number of halogens is 1. The van der Waals surface area contributed by atoms with E-state index < -0.39 is 5.41 Å². The van der Waals surface area contributed by atoms with Crippen LogP contribution in [0.3, 0.4) is 0 Å². The van der Waals surface area contributed by atoms with Gasteiger partial charge in [-0.15, -0.1) is 0 Å². The van der Waals surface area contributed by atoms with Crippen LogP contribution in [0.5, 0.6) is 0 Å². The fraction of sp³-hybridized carbons (Fsp3) is 0.636. The zero-order chi connectivity index (χ0) is 22.0. The monoisotopic (exact) mass is 421 g/mol. The Bertz CT molecular complexity index is 687. The van der Waals surface area contributed by atoms with E-state index in [4.69, 9.17) is 4.74 Å². The molecule has 8 heteroatoms. The molecule has 0 radical (unpaired) electrons. The van der Waals surface area contributed by atoms with Gasteiger partial charge in [0.15, 0.2) is 5.96 Å². The molecule has 0 bridgehead atoms. The summed E-state index contributed by atoms with van der Waals surface area (Å²) in [4.78, 5) is 19.2. The lowest BCUT2D eigenvalue weighted by atomic mass is 9.92. The van der Waals surface area contributed by atoms with E-state index in [0.29, 0.717) is 45.4 Å². The summed E-state index contributed by atoms with van der Waals surface area (Å²) in [5.41, 5.74) is 0.447. The average Bonchev–Trinajstić information content (AvgIpc) is 2.74. The van der Waals surface area contributed by atoms with Crippen LogP contribution in [0.25, 0.3) is 0 Å². The second-order valence-corrected chi connectivity index (χ2v) is 8.04. The molecule has 1 aromatic rings. The Balaban J connectivity index is 2.10. The van der Waals surface area contributed by atoms with Crippen LogP contribution in [-0.4, -0.2) is 69.2 Å². The normalized spacial score (nSPS) is 16.8. The number of hydrogen-bond donors (Lipinski definition) is 3. The van der Waals surface area contributed by atoms with E-state index in [1.165, 1.54) is 12.1 Å². The van der Waals surface area contributed by atoms with E-state index in [9.17, 15) is 9.18 Å². The number of rotatable bonds is 9. The zero-order valence-electron chi connectivity index (χ0n) is 18.6. The summed E-state index contributed by atoms with van der Waals surface area (Å²) in [6.07, 6.45) is 0. The molecule has 1 saturated heterocycles. The molecule has 1 fully saturated rings. The minimum atomic E-state index is -0.598. The number of aliphatic imine (C=N–C) groups is 1. The predicted octanol–water partition coefficient (Wildman–Crippen LogP) is 1.92. The number of nitrogens with zero attached hydrogens (tertiary/aromatic N) is 2. The van der Waals surface area contributed by atoms with Crippen molar-refractivity contribution in [2.45, 2.75) is 33.7 Å². The molecular weight excluding hydrogens is 385 g/mol. The largest absolute Gasteiger partial charge is 0.379 e. The van der Waals surface area contributed by atoms with Gasteiger partial charge in [-0.2, -0.15) is 0 Å². The van der Waals surface area contributed by atoms with Crippen molar-refractivity contribution < 1.29 is 13.9 Å². The molecule has 1 amide bonds. The summed E-state index contributed by atoms with van der Waals surface area (Å²) < 4.78 is 18.9. The summed E-state index contributed by atoms with van der Waals surface area (Å²) in [7, 11) is 0. The number of carbonyl (C=O) groups is 1. The molecule has 0 saturated carbocycles. The molecule has 30 heavy (non-hydrogen) atoms. The lowest BCUT2D eigenvalue weighted by molar-refractivity contribution is -0.128. The van der Waals surface area contributed by atoms with Gasteiger partial charge in [0.1, 0.15) is 5.82 Å². The Hall–Kier alpha value is -2.19. The van der Waals surface area contributed by atoms with Gasteiger partial charge in [0.2, 0.25) is 5.91 Å². The molecular formula is C22H36FN5O2. The molecule has 3 N–H and O–H groups in total. The molecule has 1 aliphatic heterocycles. The van der Waals surface area contributed by atoms with Crippen molar-refractivity contribution in [1.29, 1.82) is 0 Å². The maximum atomic E-state index is 13.4. The minimum Gasteiger partial charge on any atom is -0.379 e. The van der Waals surface area contributed by atoms with Crippen LogP contribution in [0.4, 0.5) is 4.39 Å². The zero-order valence-corrected chi connectivity index (χ0v) is 18.6. The number of nitrogens with one attached hydrogen (secondary N) is 3. The molecule has 0 spiro atoms. The van der Waals surface area contributed by atoms with Gasteiger partial charge >= 0.3 is 0 Å². The van der Waals surface area contributed by atoms with Crippen LogP contribution in [-0.2, 0) is 9.53 Å². The topological polar surface area (TPSA) is 78.0 Å².